The van der Waals surface area contributed by atoms with Crippen LogP contribution in [-0.4, -0.2) is 26.2 Å². The van der Waals surface area contributed by atoms with Crippen LogP contribution in [-0.2, 0) is 14.9 Å². The van der Waals surface area contributed by atoms with E-state index in [9.17, 15) is 9.59 Å². The van der Waals surface area contributed by atoms with Crippen molar-refractivity contribution in [3.8, 4) is 0 Å². The Kier molecular flexibility index (Phi) is 4.11. The summed E-state index contributed by atoms with van der Waals surface area (Å²) in [7, 11) is 2.66. The van der Waals surface area contributed by atoms with Gasteiger partial charge in [0.25, 0.3) is 0 Å². The molecule has 0 saturated heterocycles. The van der Waals surface area contributed by atoms with Gasteiger partial charge in [0.05, 0.1) is 25.3 Å². The van der Waals surface area contributed by atoms with E-state index in [0.717, 1.165) is 5.56 Å². The Hall–Kier alpha value is -1.84. The van der Waals surface area contributed by atoms with E-state index in [0.29, 0.717) is 11.1 Å². The van der Waals surface area contributed by atoms with Gasteiger partial charge in [-0.2, -0.15) is 0 Å². The second-order valence-electron chi connectivity index (χ2n) is 4.99. The average Bonchev–Trinajstić information content (AvgIpc) is 2.35. The van der Waals surface area contributed by atoms with Gasteiger partial charge >= 0.3 is 11.9 Å². The summed E-state index contributed by atoms with van der Waals surface area (Å²) in [5.41, 5.74) is 1.39. The fourth-order valence-electron chi connectivity index (χ4n) is 1.70. The minimum atomic E-state index is -0.420. The summed E-state index contributed by atoms with van der Waals surface area (Å²) < 4.78 is 9.42. The van der Waals surface area contributed by atoms with E-state index in [1.54, 1.807) is 18.2 Å². The fourth-order valence-corrected chi connectivity index (χ4v) is 1.70. The van der Waals surface area contributed by atoms with Crippen LogP contribution in [0.2, 0.25) is 0 Å². The molecule has 4 nitrogen and oxygen atoms in total. The number of hydrogen-bond acceptors (Lipinski definition) is 4. The molecule has 0 amide bonds. The molecule has 4 heteroatoms. The van der Waals surface area contributed by atoms with Crippen LogP contribution in [0.4, 0.5) is 0 Å². The predicted molar refractivity (Wildman–Crippen MR) is 67.8 cm³/mol. The molecule has 0 aromatic heterocycles. The van der Waals surface area contributed by atoms with Crippen molar-refractivity contribution in [1.82, 2.24) is 0 Å². The molecule has 18 heavy (non-hydrogen) atoms. The zero-order valence-electron chi connectivity index (χ0n) is 11.4. The van der Waals surface area contributed by atoms with Gasteiger partial charge in [-0.25, -0.2) is 9.59 Å². The van der Waals surface area contributed by atoms with Crippen molar-refractivity contribution in [3.05, 3.63) is 34.9 Å². The summed E-state index contributed by atoms with van der Waals surface area (Å²) in [5, 5.41) is 0. The SMILES string of the molecule is COC(=O)c1ccc(C(=O)OC)c(C(C)(C)C)c1. The van der Waals surface area contributed by atoms with E-state index in [1.165, 1.54) is 14.2 Å². The van der Waals surface area contributed by atoms with E-state index in [1.807, 2.05) is 20.8 Å². The van der Waals surface area contributed by atoms with Crippen molar-refractivity contribution < 1.29 is 19.1 Å². The molecule has 0 radical (unpaired) electrons. The number of ether oxygens (including phenoxy) is 2. The van der Waals surface area contributed by atoms with Crippen molar-refractivity contribution in [2.75, 3.05) is 14.2 Å². The molecule has 0 heterocycles. The maximum Gasteiger partial charge on any atom is 0.338 e. The summed E-state index contributed by atoms with van der Waals surface area (Å²) in [5.74, 6) is -0.826. The minimum Gasteiger partial charge on any atom is -0.465 e. The maximum absolute atomic E-state index is 11.7. The Morgan fingerprint density at radius 1 is 1.00 bits per heavy atom. The van der Waals surface area contributed by atoms with Crippen molar-refractivity contribution in [1.29, 1.82) is 0 Å². The van der Waals surface area contributed by atoms with Gasteiger partial charge in [-0.3, -0.25) is 0 Å². The third-order valence-corrected chi connectivity index (χ3v) is 2.65. The van der Waals surface area contributed by atoms with Crippen molar-refractivity contribution >= 4 is 11.9 Å². The molecule has 0 fully saturated rings. The molecule has 98 valence electrons. The lowest BCUT2D eigenvalue weighted by molar-refractivity contribution is 0.0584. The van der Waals surface area contributed by atoms with E-state index in [2.05, 4.69) is 4.74 Å². The van der Waals surface area contributed by atoms with E-state index >= 15 is 0 Å². The normalized spacial score (nSPS) is 10.9. The molecular weight excluding hydrogens is 232 g/mol. The number of esters is 2. The Balaban J connectivity index is 3.39. The van der Waals surface area contributed by atoms with Crippen LogP contribution in [0.15, 0.2) is 18.2 Å². The Labute approximate surface area is 107 Å². The zero-order valence-corrected chi connectivity index (χ0v) is 11.4. The zero-order chi connectivity index (χ0) is 13.9. The molecule has 0 aliphatic carbocycles. The number of rotatable bonds is 2. The van der Waals surface area contributed by atoms with Crippen LogP contribution >= 0.6 is 0 Å². The van der Waals surface area contributed by atoms with Gasteiger partial charge in [0.1, 0.15) is 0 Å². The monoisotopic (exact) mass is 250 g/mol. The van der Waals surface area contributed by atoms with Gasteiger partial charge in [0, 0.05) is 0 Å². The van der Waals surface area contributed by atoms with Crippen LogP contribution in [0, 0.1) is 0 Å². The summed E-state index contributed by atoms with van der Waals surface area (Å²) in [6, 6.07) is 4.84. The van der Waals surface area contributed by atoms with Crippen LogP contribution in [0.1, 0.15) is 47.1 Å². The molecule has 1 rings (SSSR count). The second kappa shape index (κ2) is 5.21. The van der Waals surface area contributed by atoms with Crippen LogP contribution in [0.3, 0.4) is 0 Å². The lowest BCUT2D eigenvalue weighted by Gasteiger charge is -2.22. The Morgan fingerprint density at radius 2 is 1.56 bits per heavy atom. The third-order valence-electron chi connectivity index (χ3n) is 2.65. The van der Waals surface area contributed by atoms with Crippen molar-refractivity contribution in [2.24, 2.45) is 0 Å². The second-order valence-corrected chi connectivity index (χ2v) is 4.99. The van der Waals surface area contributed by atoms with Gasteiger partial charge in [0.15, 0.2) is 0 Å². The van der Waals surface area contributed by atoms with Gasteiger partial charge in [-0.15, -0.1) is 0 Å². The number of benzene rings is 1. The van der Waals surface area contributed by atoms with Gasteiger partial charge < -0.3 is 9.47 Å². The molecule has 0 spiro atoms. The molecule has 0 saturated carbocycles. The first kappa shape index (κ1) is 14.2. The lowest BCUT2D eigenvalue weighted by atomic mass is 9.83. The summed E-state index contributed by atoms with van der Waals surface area (Å²) in [6.45, 7) is 5.90. The first-order chi connectivity index (χ1) is 8.31. The van der Waals surface area contributed by atoms with Crippen molar-refractivity contribution in [3.63, 3.8) is 0 Å². The van der Waals surface area contributed by atoms with Crippen LogP contribution in [0.25, 0.3) is 0 Å². The molecule has 0 N–H and O–H groups in total. The molecule has 0 unspecified atom stereocenters. The first-order valence-corrected chi connectivity index (χ1v) is 5.62. The van der Waals surface area contributed by atoms with Crippen molar-refractivity contribution in [2.45, 2.75) is 26.2 Å². The number of hydrogen-bond donors (Lipinski definition) is 0. The minimum absolute atomic E-state index is 0.270. The quantitative estimate of drug-likeness (QED) is 0.757. The highest BCUT2D eigenvalue weighted by Gasteiger charge is 2.23. The maximum atomic E-state index is 11.7. The van der Waals surface area contributed by atoms with E-state index in [-0.39, 0.29) is 5.41 Å². The average molecular weight is 250 g/mol. The largest absolute Gasteiger partial charge is 0.465 e. The first-order valence-electron chi connectivity index (χ1n) is 5.62. The summed E-state index contributed by atoms with van der Waals surface area (Å²) in [6.07, 6.45) is 0. The number of methoxy groups -OCH3 is 2. The molecule has 1 aromatic rings. The molecule has 0 aliphatic heterocycles. The molecule has 0 atom stereocenters. The topological polar surface area (TPSA) is 52.6 Å². The van der Waals surface area contributed by atoms with Crippen LogP contribution < -0.4 is 0 Å². The molecular formula is C14H18O4. The number of carbonyl (C=O) groups is 2. The predicted octanol–water partition coefficient (Wildman–Crippen LogP) is 2.56. The summed E-state index contributed by atoms with van der Waals surface area (Å²) in [4.78, 5) is 23.2. The van der Waals surface area contributed by atoms with E-state index in [4.69, 9.17) is 4.74 Å². The van der Waals surface area contributed by atoms with Gasteiger partial charge in [-0.1, -0.05) is 20.8 Å². The highest BCUT2D eigenvalue weighted by molar-refractivity contribution is 5.95. The molecule has 0 bridgehead atoms. The van der Waals surface area contributed by atoms with Gasteiger partial charge in [-0.05, 0) is 29.2 Å². The van der Waals surface area contributed by atoms with Crippen LogP contribution in [0.5, 0.6) is 0 Å². The third kappa shape index (κ3) is 2.88. The Bertz CT molecular complexity index is 469. The lowest BCUT2D eigenvalue weighted by Crippen LogP contribution is -2.19. The highest BCUT2D eigenvalue weighted by atomic mass is 16.5. The van der Waals surface area contributed by atoms with Gasteiger partial charge in [0.2, 0.25) is 0 Å². The fraction of sp³-hybridized carbons (Fsp3) is 0.429. The van der Waals surface area contributed by atoms with E-state index < -0.39 is 11.9 Å². The highest BCUT2D eigenvalue weighted by Crippen LogP contribution is 2.27. The summed E-state index contributed by atoms with van der Waals surface area (Å²) >= 11 is 0. The Morgan fingerprint density at radius 3 is 2.00 bits per heavy atom. The molecule has 0 aliphatic rings. The smallest absolute Gasteiger partial charge is 0.338 e. The molecule has 1 aromatic carbocycles. The number of carbonyl (C=O) groups excluding carboxylic acids is 2. The standard InChI is InChI=1S/C14H18O4/c1-14(2,3)11-8-9(12(15)17-4)6-7-10(11)13(16)18-5/h6-8H,1-5H3.